The molecule has 0 aromatic carbocycles. The van der Waals surface area contributed by atoms with Crippen molar-refractivity contribution in [2.75, 3.05) is 6.54 Å². The summed E-state index contributed by atoms with van der Waals surface area (Å²) < 4.78 is 0. The lowest BCUT2D eigenvalue weighted by molar-refractivity contribution is -0.140. The average Bonchev–Trinajstić information content (AvgIpc) is 2.89. The fourth-order valence-corrected chi connectivity index (χ4v) is 3.20. The Kier molecular flexibility index (Phi) is 3.66. The Labute approximate surface area is 114 Å². The Hall–Kier alpha value is -1.37. The molecule has 4 heteroatoms. The summed E-state index contributed by atoms with van der Waals surface area (Å²) in [6.45, 7) is 6.19. The van der Waals surface area contributed by atoms with E-state index in [4.69, 9.17) is 5.26 Å². The van der Waals surface area contributed by atoms with E-state index in [2.05, 4.69) is 13.0 Å². The molecule has 2 atom stereocenters. The molecule has 19 heavy (non-hydrogen) atoms. The second kappa shape index (κ2) is 4.96. The summed E-state index contributed by atoms with van der Waals surface area (Å²) in [5.74, 6) is 0.366. The zero-order chi connectivity index (χ0) is 14.2. The van der Waals surface area contributed by atoms with Gasteiger partial charge in [0.15, 0.2) is 0 Å². The van der Waals surface area contributed by atoms with Gasteiger partial charge < -0.3 is 0 Å². The van der Waals surface area contributed by atoms with Crippen LogP contribution in [-0.2, 0) is 9.59 Å². The zero-order valence-electron chi connectivity index (χ0n) is 12.0. The number of hydrogen-bond acceptors (Lipinski definition) is 3. The molecule has 0 aromatic heterocycles. The van der Waals surface area contributed by atoms with Crippen LogP contribution < -0.4 is 0 Å². The van der Waals surface area contributed by atoms with Gasteiger partial charge in [-0.05, 0) is 39.0 Å². The number of hydrogen-bond donors (Lipinski definition) is 0. The maximum atomic E-state index is 12.3. The number of likely N-dealkylation sites (tertiary alicyclic amines) is 1. The molecular weight excluding hydrogens is 240 g/mol. The van der Waals surface area contributed by atoms with Gasteiger partial charge in [-0.15, -0.1) is 0 Å². The summed E-state index contributed by atoms with van der Waals surface area (Å²) in [6, 6.07) is 2.21. The number of carbonyl (C=O) groups is 2. The second-order valence-corrected chi connectivity index (χ2v) is 6.53. The number of amides is 2. The largest absolute Gasteiger partial charge is 0.282 e. The van der Waals surface area contributed by atoms with Gasteiger partial charge in [0.1, 0.15) is 0 Å². The SMILES string of the molecule is CCC1CC2C(=O)N(CCC(C)(C)C#N)C(=O)C2C1. The fraction of sp³-hybridized carbons (Fsp3) is 0.800. The zero-order valence-corrected chi connectivity index (χ0v) is 12.0. The predicted octanol–water partition coefficient (Wildman–Crippen LogP) is 2.35. The number of carbonyl (C=O) groups excluding carboxylic acids is 2. The summed E-state index contributed by atoms with van der Waals surface area (Å²) in [5, 5.41) is 8.99. The summed E-state index contributed by atoms with van der Waals surface area (Å²) in [7, 11) is 0. The summed E-state index contributed by atoms with van der Waals surface area (Å²) >= 11 is 0. The number of nitrogens with zero attached hydrogens (tertiary/aromatic N) is 2. The van der Waals surface area contributed by atoms with Gasteiger partial charge in [0.05, 0.1) is 23.3 Å². The molecule has 0 N–H and O–H groups in total. The van der Waals surface area contributed by atoms with Crippen molar-refractivity contribution in [2.24, 2.45) is 23.2 Å². The Morgan fingerprint density at radius 2 is 1.79 bits per heavy atom. The van der Waals surface area contributed by atoms with Crippen molar-refractivity contribution in [3.63, 3.8) is 0 Å². The van der Waals surface area contributed by atoms with Crippen LogP contribution in [0.1, 0.15) is 46.5 Å². The molecule has 2 aliphatic rings. The van der Waals surface area contributed by atoms with E-state index in [1.807, 2.05) is 13.8 Å². The monoisotopic (exact) mass is 262 g/mol. The molecule has 1 saturated carbocycles. The third-order valence-corrected chi connectivity index (χ3v) is 4.67. The molecule has 1 aliphatic carbocycles. The molecule has 0 radical (unpaired) electrons. The first-order chi connectivity index (χ1) is 8.89. The fourth-order valence-electron chi connectivity index (χ4n) is 3.20. The number of imide groups is 1. The van der Waals surface area contributed by atoms with Gasteiger partial charge in [0.2, 0.25) is 11.8 Å². The average molecular weight is 262 g/mol. The maximum absolute atomic E-state index is 12.3. The standard InChI is InChI=1S/C15H22N2O2/c1-4-10-7-11-12(8-10)14(19)17(13(11)18)6-5-15(2,3)9-16/h10-12H,4-8H2,1-3H3. The lowest BCUT2D eigenvalue weighted by atomic mass is 9.91. The molecule has 104 valence electrons. The summed E-state index contributed by atoms with van der Waals surface area (Å²) in [4.78, 5) is 26.0. The second-order valence-electron chi connectivity index (χ2n) is 6.53. The molecule has 1 saturated heterocycles. The van der Waals surface area contributed by atoms with Gasteiger partial charge in [-0.25, -0.2) is 0 Å². The lowest BCUT2D eigenvalue weighted by Gasteiger charge is -2.21. The normalized spacial score (nSPS) is 30.6. The summed E-state index contributed by atoms with van der Waals surface area (Å²) in [5.41, 5.74) is -0.482. The molecule has 1 heterocycles. The molecule has 0 spiro atoms. The van der Waals surface area contributed by atoms with E-state index in [9.17, 15) is 9.59 Å². The van der Waals surface area contributed by atoms with Crippen molar-refractivity contribution >= 4 is 11.8 Å². The van der Waals surface area contributed by atoms with Crippen molar-refractivity contribution in [1.29, 1.82) is 5.26 Å². The van der Waals surface area contributed by atoms with E-state index in [0.29, 0.717) is 18.9 Å². The van der Waals surface area contributed by atoms with Crippen molar-refractivity contribution in [3.05, 3.63) is 0 Å². The first-order valence-electron chi connectivity index (χ1n) is 7.16. The third-order valence-electron chi connectivity index (χ3n) is 4.67. The minimum atomic E-state index is -0.482. The Balaban J connectivity index is 2.01. The van der Waals surface area contributed by atoms with Crippen molar-refractivity contribution < 1.29 is 9.59 Å². The van der Waals surface area contributed by atoms with Gasteiger partial charge in [0, 0.05) is 6.54 Å². The molecule has 1 aliphatic heterocycles. The Morgan fingerprint density at radius 3 is 2.21 bits per heavy atom. The van der Waals surface area contributed by atoms with E-state index in [1.54, 1.807) is 0 Å². The van der Waals surface area contributed by atoms with Gasteiger partial charge in [-0.2, -0.15) is 5.26 Å². The van der Waals surface area contributed by atoms with Crippen LogP contribution in [0.2, 0.25) is 0 Å². The van der Waals surface area contributed by atoms with E-state index < -0.39 is 5.41 Å². The van der Waals surface area contributed by atoms with Gasteiger partial charge >= 0.3 is 0 Å². The molecule has 2 unspecified atom stereocenters. The minimum Gasteiger partial charge on any atom is -0.282 e. The van der Waals surface area contributed by atoms with E-state index >= 15 is 0 Å². The Bertz CT molecular complexity index is 412. The molecule has 4 nitrogen and oxygen atoms in total. The highest BCUT2D eigenvalue weighted by Crippen LogP contribution is 2.44. The van der Waals surface area contributed by atoms with Crippen LogP contribution in [0.5, 0.6) is 0 Å². The van der Waals surface area contributed by atoms with Crippen LogP contribution in [0, 0.1) is 34.5 Å². The lowest BCUT2D eigenvalue weighted by Crippen LogP contribution is -2.35. The first-order valence-corrected chi connectivity index (χ1v) is 7.16. The van der Waals surface area contributed by atoms with Crippen molar-refractivity contribution in [1.82, 2.24) is 4.90 Å². The van der Waals surface area contributed by atoms with Crippen LogP contribution in [0.3, 0.4) is 0 Å². The van der Waals surface area contributed by atoms with Gasteiger partial charge in [-0.1, -0.05) is 13.3 Å². The van der Waals surface area contributed by atoms with Crippen LogP contribution in [0.25, 0.3) is 0 Å². The van der Waals surface area contributed by atoms with E-state index in [-0.39, 0.29) is 23.7 Å². The number of nitriles is 1. The Morgan fingerprint density at radius 1 is 1.26 bits per heavy atom. The molecule has 0 bridgehead atoms. The summed E-state index contributed by atoms with van der Waals surface area (Å²) in [6.07, 6.45) is 3.33. The maximum Gasteiger partial charge on any atom is 0.233 e. The predicted molar refractivity (Wildman–Crippen MR) is 70.7 cm³/mol. The topological polar surface area (TPSA) is 61.2 Å². The third kappa shape index (κ3) is 2.51. The quantitative estimate of drug-likeness (QED) is 0.731. The van der Waals surface area contributed by atoms with Crippen LogP contribution in [0.15, 0.2) is 0 Å². The van der Waals surface area contributed by atoms with E-state index in [1.165, 1.54) is 4.90 Å². The highest BCUT2D eigenvalue weighted by atomic mass is 16.2. The van der Waals surface area contributed by atoms with Gasteiger partial charge in [-0.3, -0.25) is 14.5 Å². The number of fused-ring (bicyclic) bond motifs is 1. The first kappa shape index (κ1) is 14.0. The highest BCUT2D eigenvalue weighted by molar-refractivity contribution is 6.05. The highest BCUT2D eigenvalue weighted by Gasteiger charge is 2.52. The van der Waals surface area contributed by atoms with E-state index in [0.717, 1.165) is 19.3 Å². The molecular formula is C15H22N2O2. The van der Waals surface area contributed by atoms with Crippen LogP contribution >= 0.6 is 0 Å². The minimum absolute atomic E-state index is 0.000287. The van der Waals surface area contributed by atoms with Crippen LogP contribution in [0.4, 0.5) is 0 Å². The van der Waals surface area contributed by atoms with Crippen molar-refractivity contribution in [2.45, 2.75) is 46.5 Å². The van der Waals surface area contributed by atoms with Gasteiger partial charge in [0.25, 0.3) is 0 Å². The molecule has 2 fully saturated rings. The van der Waals surface area contributed by atoms with Crippen LogP contribution in [-0.4, -0.2) is 23.3 Å². The molecule has 2 rings (SSSR count). The molecule has 2 amide bonds. The smallest absolute Gasteiger partial charge is 0.233 e. The molecule has 0 aromatic rings. The number of rotatable bonds is 4. The van der Waals surface area contributed by atoms with Crippen molar-refractivity contribution in [3.8, 4) is 6.07 Å².